The van der Waals surface area contributed by atoms with Gasteiger partial charge in [-0.2, -0.15) is 0 Å². The highest BCUT2D eigenvalue weighted by molar-refractivity contribution is 7.99. The summed E-state index contributed by atoms with van der Waals surface area (Å²) in [5.41, 5.74) is 2.40. The zero-order valence-corrected chi connectivity index (χ0v) is 19.6. The molecule has 3 N–H and O–H groups in total. The predicted octanol–water partition coefficient (Wildman–Crippen LogP) is 5.13. The van der Waals surface area contributed by atoms with Crippen molar-refractivity contribution in [3.8, 4) is 11.3 Å². The van der Waals surface area contributed by atoms with E-state index in [-0.39, 0.29) is 23.4 Å². The number of nitrogens with one attached hydrogen (secondary N) is 3. The molecule has 8 heteroatoms. The summed E-state index contributed by atoms with van der Waals surface area (Å²) < 4.78 is 6.19. The highest BCUT2D eigenvalue weighted by Gasteiger charge is 2.27. The fourth-order valence-electron chi connectivity index (χ4n) is 3.86. The number of carbonyl (C=O) groups is 2. The van der Waals surface area contributed by atoms with Crippen molar-refractivity contribution >= 4 is 35.0 Å². The number of anilines is 2. The number of benzene rings is 2. The van der Waals surface area contributed by atoms with Gasteiger partial charge in [0.25, 0.3) is 5.91 Å². The highest BCUT2D eigenvalue weighted by Crippen LogP contribution is 2.33. The third-order valence-electron chi connectivity index (χ3n) is 5.42. The van der Waals surface area contributed by atoms with E-state index < -0.39 is 0 Å². The van der Waals surface area contributed by atoms with E-state index in [0.717, 1.165) is 47.8 Å². The van der Waals surface area contributed by atoms with Gasteiger partial charge in [-0.05, 0) is 74.1 Å². The quantitative estimate of drug-likeness (QED) is 0.420. The summed E-state index contributed by atoms with van der Waals surface area (Å²) in [4.78, 5) is 30.4. The van der Waals surface area contributed by atoms with E-state index in [9.17, 15) is 9.59 Å². The van der Waals surface area contributed by atoms with Crippen LogP contribution in [0.3, 0.4) is 0 Å². The Morgan fingerprint density at radius 1 is 1.09 bits per heavy atom. The van der Waals surface area contributed by atoms with Gasteiger partial charge in [0.05, 0.1) is 0 Å². The van der Waals surface area contributed by atoms with Crippen molar-refractivity contribution in [2.45, 2.75) is 37.5 Å². The maximum atomic E-state index is 13.3. The molecule has 1 aromatic heterocycles. The molecule has 0 spiro atoms. The smallest absolute Gasteiger partial charge is 0.278 e. The Kier molecular flexibility index (Phi) is 7.47. The summed E-state index contributed by atoms with van der Waals surface area (Å²) in [6, 6.07) is 15.0. The largest absolute Gasteiger partial charge is 0.440 e. The Labute approximate surface area is 197 Å². The van der Waals surface area contributed by atoms with Gasteiger partial charge in [-0.15, -0.1) is 11.8 Å². The molecule has 0 saturated carbocycles. The van der Waals surface area contributed by atoms with Crippen LogP contribution in [0.1, 0.15) is 49.0 Å². The first-order chi connectivity index (χ1) is 16.0. The number of hydrogen-bond acceptors (Lipinski definition) is 6. The number of piperidine rings is 1. The SMILES string of the molecule is CCSc1cccc(NC(=O)c2nc(C3CCNCC3)oc2-c2ccc(NC(C)=O)cc2)c1. The average Bonchev–Trinajstić information content (AvgIpc) is 3.26. The van der Waals surface area contributed by atoms with Gasteiger partial charge in [0, 0.05) is 34.7 Å². The minimum absolute atomic E-state index is 0.140. The molecule has 172 valence electrons. The molecule has 1 aliphatic rings. The lowest BCUT2D eigenvalue weighted by molar-refractivity contribution is -0.114. The number of carbonyl (C=O) groups excluding carboxylic acids is 2. The van der Waals surface area contributed by atoms with Crippen molar-refractivity contribution < 1.29 is 14.0 Å². The third kappa shape index (κ3) is 5.83. The fraction of sp³-hybridized carbons (Fsp3) is 0.320. The van der Waals surface area contributed by atoms with Gasteiger partial charge >= 0.3 is 0 Å². The molecule has 0 unspecified atom stereocenters. The summed E-state index contributed by atoms with van der Waals surface area (Å²) in [6.07, 6.45) is 1.83. The molecule has 2 amide bonds. The van der Waals surface area contributed by atoms with Crippen molar-refractivity contribution in [1.29, 1.82) is 0 Å². The molecule has 0 bridgehead atoms. The Morgan fingerprint density at radius 3 is 2.55 bits per heavy atom. The van der Waals surface area contributed by atoms with Crippen molar-refractivity contribution in [3.05, 3.63) is 60.1 Å². The highest BCUT2D eigenvalue weighted by atomic mass is 32.2. The lowest BCUT2D eigenvalue weighted by Crippen LogP contribution is -2.26. The first-order valence-corrected chi connectivity index (χ1v) is 12.2. The number of hydrogen-bond donors (Lipinski definition) is 3. The normalized spacial score (nSPS) is 14.1. The van der Waals surface area contributed by atoms with Crippen LogP contribution < -0.4 is 16.0 Å². The summed E-state index contributed by atoms with van der Waals surface area (Å²) in [5, 5.41) is 9.07. The Bertz CT molecular complexity index is 1120. The van der Waals surface area contributed by atoms with E-state index in [1.807, 2.05) is 36.4 Å². The molecule has 1 aliphatic heterocycles. The molecule has 3 aromatic rings. The average molecular weight is 465 g/mol. The van der Waals surface area contributed by atoms with Crippen LogP contribution in [0.4, 0.5) is 11.4 Å². The van der Waals surface area contributed by atoms with E-state index in [4.69, 9.17) is 4.42 Å². The van der Waals surface area contributed by atoms with Crippen LogP contribution in [0.5, 0.6) is 0 Å². The van der Waals surface area contributed by atoms with Crippen LogP contribution in [-0.4, -0.2) is 35.6 Å². The van der Waals surface area contributed by atoms with Crippen LogP contribution in [0, 0.1) is 0 Å². The summed E-state index contributed by atoms with van der Waals surface area (Å²) in [6.45, 7) is 5.36. The van der Waals surface area contributed by atoms with Gasteiger partial charge in [0.2, 0.25) is 5.91 Å². The number of oxazole rings is 1. The summed E-state index contributed by atoms with van der Waals surface area (Å²) >= 11 is 1.72. The van der Waals surface area contributed by atoms with E-state index in [1.54, 1.807) is 23.9 Å². The zero-order chi connectivity index (χ0) is 23.2. The van der Waals surface area contributed by atoms with Crippen LogP contribution in [-0.2, 0) is 4.79 Å². The number of thioether (sulfide) groups is 1. The van der Waals surface area contributed by atoms with Crippen LogP contribution in [0.2, 0.25) is 0 Å². The Balaban J connectivity index is 1.65. The van der Waals surface area contributed by atoms with Gasteiger partial charge < -0.3 is 20.4 Å². The number of amides is 2. The van der Waals surface area contributed by atoms with E-state index >= 15 is 0 Å². The lowest BCUT2D eigenvalue weighted by Gasteiger charge is -2.19. The number of aromatic nitrogens is 1. The maximum absolute atomic E-state index is 13.3. The van der Waals surface area contributed by atoms with Gasteiger partial charge in [-0.1, -0.05) is 13.0 Å². The second-order valence-corrected chi connectivity index (χ2v) is 9.27. The van der Waals surface area contributed by atoms with Crippen molar-refractivity contribution in [2.75, 3.05) is 29.5 Å². The molecule has 2 heterocycles. The molecule has 0 aliphatic carbocycles. The first-order valence-electron chi connectivity index (χ1n) is 11.2. The standard InChI is InChI=1S/C25H28N4O3S/c1-3-33-21-6-4-5-20(15-21)28-24(31)22-23(17-7-9-19(10-8-17)27-16(2)30)32-25(29-22)18-11-13-26-14-12-18/h4-10,15,18,26H,3,11-14H2,1-2H3,(H,27,30)(H,28,31). The molecular formula is C25H28N4O3S. The maximum Gasteiger partial charge on any atom is 0.278 e. The molecule has 0 atom stereocenters. The van der Waals surface area contributed by atoms with E-state index in [2.05, 4.69) is 27.9 Å². The molecule has 1 fully saturated rings. The van der Waals surface area contributed by atoms with Gasteiger partial charge in [-0.3, -0.25) is 9.59 Å². The molecule has 33 heavy (non-hydrogen) atoms. The van der Waals surface area contributed by atoms with Crippen LogP contribution in [0.25, 0.3) is 11.3 Å². The predicted molar refractivity (Wildman–Crippen MR) is 132 cm³/mol. The summed E-state index contributed by atoms with van der Waals surface area (Å²) in [7, 11) is 0. The minimum Gasteiger partial charge on any atom is -0.440 e. The Hall–Kier alpha value is -3.10. The van der Waals surface area contributed by atoms with Gasteiger partial charge in [0.1, 0.15) is 0 Å². The van der Waals surface area contributed by atoms with Gasteiger partial charge in [0.15, 0.2) is 17.3 Å². The van der Waals surface area contributed by atoms with Gasteiger partial charge in [-0.25, -0.2) is 4.98 Å². The van der Waals surface area contributed by atoms with Crippen LogP contribution >= 0.6 is 11.8 Å². The van der Waals surface area contributed by atoms with Crippen LogP contribution in [0.15, 0.2) is 57.8 Å². The molecule has 2 aromatic carbocycles. The van der Waals surface area contributed by atoms with Crippen molar-refractivity contribution in [1.82, 2.24) is 10.3 Å². The molecule has 4 rings (SSSR count). The molecule has 0 radical (unpaired) electrons. The third-order valence-corrected chi connectivity index (χ3v) is 6.29. The fourth-order valence-corrected chi connectivity index (χ4v) is 4.58. The minimum atomic E-state index is -0.307. The summed E-state index contributed by atoms with van der Waals surface area (Å²) in [5.74, 6) is 1.72. The van der Waals surface area contributed by atoms with E-state index in [1.165, 1.54) is 6.92 Å². The Morgan fingerprint density at radius 2 is 1.85 bits per heavy atom. The zero-order valence-electron chi connectivity index (χ0n) is 18.8. The monoisotopic (exact) mass is 464 g/mol. The van der Waals surface area contributed by atoms with E-state index in [0.29, 0.717) is 17.3 Å². The van der Waals surface area contributed by atoms with Crippen molar-refractivity contribution in [2.24, 2.45) is 0 Å². The molecule has 1 saturated heterocycles. The first kappa shape index (κ1) is 23.1. The molecular weight excluding hydrogens is 436 g/mol. The second kappa shape index (κ2) is 10.7. The topological polar surface area (TPSA) is 96.3 Å². The number of nitrogens with zero attached hydrogens (tertiary/aromatic N) is 1. The molecule has 7 nitrogen and oxygen atoms in total. The number of rotatable bonds is 7. The van der Waals surface area contributed by atoms with Crippen molar-refractivity contribution in [3.63, 3.8) is 0 Å². The second-order valence-electron chi connectivity index (χ2n) is 7.93. The lowest BCUT2D eigenvalue weighted by atomic mass is 9.98.